The van der Waals surface area contributed by atoms with Gasteiger partial charge >= 0.3 is 6.09 Å². The van der Waals surface area contributed by atoms with Crippen molar-refractivity contribution in [1.29, 1.82) is 0 Å². The number of nitrogens with zero attached hydrogens (tertiary/aromatic N) is 5. The number of aromatic nitrogens is 4. The van der Waals surface area contributed by atoms with Gasteiger partial charge in [0.05, 0.1) is 28.6 Å². The van der Waals surface area contributed by atoms with Crippen LogP contribution in [0.1, 0.15) is 44.8 Å². The van der Waals surface area contributed by atoms with Gasteiger partial charge in [-0.2, -0.15) is 0 Å². The Kier molecular flexibility index (Phi) is 9.28. The van der Waals surface area contributed by atoms with Crippen molar-refractivity contribution >= 4 is 50.9 Å². The van der Waals surface area contributed by atoms with Gasteiger partial charge in [0.25, 0.3) is 0 Å². The summed E-state index contributed by atoms with van der Waals surface area (Å²) in [5.41, 5.74) is 7.00. The van der Waals surface area contributed by atoms with E-state index in [2.05, 4.69) is 30.6 Å². The summed E-state index contributed by atoms with van der Waals surface area (Å²) in [6.45, 7) is 7.54. The molecule has 1 aromatic carbocycles. The molecule has 0 saturated carbocycles. The number of thiazole rings is 1. The predicted octanol–water partition coefficient (Wildman–Crippen LogP) is 5.01. The van der Waals surface area contributed by atoms with E-state index in [0.29, 0.717) is 34.0 Å². The number of benzene rings is 1. The van der Waals surface area contributed by atoms with E-state index >= 15 is 0 Å². The Labute approximate surface area is 241 Å². The quantitative estimate of drug-likeness (QED) is 0.220. The molecule has 13 heteroatoms. The van der Waals surface area contributed by atoms with Gasteiger partial charge in [-0.1, -0.05) is 23.5 Å². The first-order valence-corrected chi connectivity index (χ1v) is 13.9. The second kappa shape index (κ2) is 12.9. The Balaban J connectivity index is 1.46. The third kappa shape index (κ3) is 8.07. The number of nitrogen functional groups attached to an aromatic ring is 1. The molecule has 4 N–H and O–H groups in total. The largest absolute Gasteiger partial charge is 0.444 e. The van der Waals surface area contributed by atoms with Gasteiger partial charge in [-0.15, -0.1) is 0 Å². The lowest BCUT2D eigenvalue weighted by atomic mass is 10.1. The summed E-state index contributed by atoms with van der Waals surface area (Å²) in [5.74, 6) is -0.238. The Morgan fingerprint density at radius 3 is 2.66 bits per heavy atom. The van der Waals surface area contributed by atoms with E-state index < -0.39 is 23.6 Å². The minimum atomic E-state index is -0.713. The average Bonchev–Trinajstić information content (AvgIpc) is 3.32. The van der Waals surface area contributed by atoms with Crippen LogP contribution in [0.25, 0.3) is 10.3 Å². The summed E-state index contributed by atoms with van der Waals surface area (Å²) < 4.78 is 19.6. The van der Waals surface area contributed by atoms with Gasteiger partial charge in [0.2, 0.25) is 5.91 Å². The van der Waals surface area contributed by atoms with Gasteiger partial charge in [0, 0.05) is 31.6 Å². The van der Waals surface area contributed by atoms with Gasteiger partial charge in [-0.25, -0.2) is 24.1 Å². The van der Waals surface area contributed by atoms with Crippen LogP contribution in [0, 0.1) is 5.82 Å². The molecule has 0 aliphatic rings. The molecule has 0 radical (unpaired) electrons. The van der Waals surface area contributed by atoms with Crippen molar-refractivity contribution in [3.63, 3.8) is 0 Å². The lowest BCUT2D eigenvalue weighted by molar-refractivity contribution is -0.117. The van der Waals surface area contributed by atoms with Crippen molar-refractivity contribution in [3.8, 4) is 0 Å². The smallest absolute Gasteiger partial charge is 0.410 e. The summed E-state index contributed by atoms with van der Waals surface area (Å²) in [6, 6.07) is 9.38. The molecule has 3 heterocycles. The third-order valence-electron chi connectivity index (χ3n) is 5.94. The number of carbonyl (C=O) groups excluding carboxylic acids is 2. The Morgan fingerprint density at radius 1 is 1.15 bits per heavy atom. The van der Waals surface area contributed by atoms with Crippen LogP contribution in [-0.4, -0.2) is 55.0 Å². The Morgan fingerprint density at radius 2 is 1.93 bits per heavy atom. The zero-order valence-electron chi connectivity index (χ0n) is 23.3. The number of halogens is 1. The van der Waals surface area contributed by atoms with Crippen molar-refractivity contribution in [2.24, 2.45) is 0 Å². The molecule has 0 fully saturated rings. The topological polar surface area (TPSA) is 148 Å². The first kappa shape index (κ1) is 29.6. The van der Waals surface area contributed by atoms with Crippen LogP contribution in [0.15, 0.2) is 48.9 Å². The summed E-state index contributed by atoms with van der Waals surface area (Å²) in [7, 11) is 0. The zero-order valence-corrected chi connectivity index (χ0v) is 24.2. The summed E-state index contributed by atoms with van der Waals surface area (Å²) in [4.78, 5) is 45.4. The molecule has 11 nitrogen and oxygen atoms in total. The molecule has 1 unspecified atom stereocenters. The van der Waals surface area contributed by atoms with E-state index in [1.807, 2.05) is 0 Å². The van der Waals surface area contributed by atoms with Crippen molar-refractivity contribution in [3.05, 3.63) is 65.4 Å². The predicted molar refractivity (Wildman–Crippen MR) is 157 cm³/mol. The molecule has 0 saturated heterocycles. The molecule has 0 bridgehead atoms. The van der Waals surface area contributed by atoms with Gasteiger partial charge in [0.15, 0.2) is 5.82 Å². The molecule has 216 valence electrons. The lowest BCUT2D eigenvalue weighted by Gasteiger charge is -2.31. The molecule has 4 aromatic rings. The highest BCUT2D eigenvalue weighted by Crippen LogP contribution is 2.26. The van der Waals surface area contributed by atoms with E-state index in [9.17, 15) is 14.0 Å². The standard InChI is InChI=1S/C28H33FN8O3S/c1-17(14-22(38)35-20-10-6-5-9-19(20)30)37(27(39)40-28(2,3)4)13-11-23-36-24-25(33-16-34-26(24)41-23)32-15-21-18(29)8-7-12-31-21/h5-10,12,16-17H,11,13-15,30H2,1-4H3,(H,35,38)(H,32,33,34). The van der Waals surface area contributed by atoms with Crippen LogP contribution in [0.2, 0.25) is 0 Å². The molecule has 41 heavy (non-hydrogen) atoms. The second-order valence-electron chi connectivity index (χ2n) is 10.4. The molecule has 1 atom stereocenters. The van der Waals surface area contributed by atoms with Crippen LogP contribution in [0.3, 0.4) is 0 Å². The molecular weight excluding hydrogens is 547 g/mol. The fraction of sp³-hybridized carbons (Fsp3) is 0.357. The SMILES string of the molecule is CC(CC(=O)Nc1ccccc1N)N(CCc1nc2c(NCc3ncccc3F)ncnc2s1)C(=O)OC(C)(C)C. The number of amides is 2. The molecular formula is C28H33FN8O3S. The molecule has 4 rings (SSSR count). The number of carbonyl (C=O) groups is 2. The zero-order chi connectivity index (χ0) is 29.6. The number of ether oxygens (including phenoxy) is 1. The molecule has 0 aliphatic carbocycles. The molecule has 3 aromatic heterocycles. The van der Waals surface area contributed by atoms with Crippen molar-refractivity contribution in [1.82, 2.24) is 24.8 Å². The number of rotatable bonds is 10. The number of pyridine rings is 1. The lowest BCUT2D eigenvalue weighted by Crippen LogP contribution is -2.44. The second-order valence-corrected chi connectivity index (χ2v) is 11.4. The van der Waals surface area contributed by atoms with E-state index in [1.54, 1.807) is 52.0 Å². The maximum atomic E-state index is 14.0. The van der Waals surface area contributed by atoms with Crippen molar-refractivity contribution in [2.75, 3.05) is 22.9 Å². The highest BCUT2D eigenvalue weighted by Gasteiger charge is 2.28. The fourth-order valence-electron chi connectivity index (χ4n) is 3.97. The average molecular weight is 581 g/mol. The Bertz CT molecular complexity index is 1520. The minimum Gasteiger partial charge on any atom is -0.444 e. The molecule has 0 spiro atoms. The highest BCUT2D eigenvalue weighted by molar-refractivity contribution is 7.18. The summed E-state index contributed by atoms with van der Waals surface area (Å²) >= 11 is 1.37. The van der Waals surface area contributed by atoms with Gasteiger partial charge in [0.1, 0.15) is 28.1 Å². The van der Waals surface area contributed by atoms with Gasteiger partial charge in [-0.3, -0.25) is 9.78 Å². The number of nitrogens with two attached hydrogens (primary N) is 1. The van der Waals surface area contributed by atoms with Crippen molar-refractivity contribution < 1.29 is 18.7 Å². The van der Waals surface area contributed by atoms with Gasteiger partial charge in [-0.05, 0) is 52.0 Å². The number of hydrogen-bond donors (Lipinski definition) is 3. The maximum Gasteiger partial charge on any atom is 0.410 e. The maximum absolute atomic E-state index is 14.0. The number of nitrogens with one attached hydrogen (secondary N) is 2. The van der Waals surface area contributed by atoms with Crippen LogP contribution in [0.4, 0.5) is 26.4 Å². The van der Waals surface area contributed by atoms with Crippen LogP contribution in [0.5, 0.6) is 0 Å². The van der Waals surface area contributed by atoms with Crippen LogP contribution >= 0.6 is 11.3 Å². The first-order valence-electron chi connectivity index (χ1n) is 13.1. The van der Waals surface area contributed by atoms with Gasteiger partial charge < -0.3 is 26.0 Å². The first-order chi connectivity index (χ1) is 19.5. The minimum absolute atomic E-state index is 0.0387. The Hall–Kier alpha value is -4.39. The van der Waals surface area contributed by atoms with E-state index in [0.717, 1.165) is 5.01 Å². The molecule has 0 aliphatic heterocycles. The van der Waals surface area contributed by atoms with E-state index in [-0.39, 0.29) is 31.1 Å². The van der Waals surface area contributed by atoms with Crippen LogP contribution in [-0.2, 0) is 22.5 Å². The highest BCUT2D eigenvalue weighted by atomic mass is 32.1. The third-order valence-corrected chi connectivity index (χ3v) is 6.96. The normalized spacial score (nSPS) is 12.1. The molecule has 2 amide bonds. The number of para-hydroxylation sites is 2. The number of fused-ring (bicyclic) bond motifs is 1. The van der Waals surface area contributed by atoms with Crippen LogP contribution < -0.4 is 16.4 Å². The van der Waals surface area contributed by atoms with E-state index in [1.165, 1.54) is 40.9 Å². The summed E-state index contributed by atoms with van der Waals surface area (Å²) in [5, 5.41) is 6.61. The van der Waals surface area contributed by atoms with E-state index in [4.69, 9.17) is 10.5 Å². The summed E-state index contributed by atoms with van der Waals surface area (Å²) in [6.07, 6.45) is 2.84. The fourth-order valence-corrected chi connectivity index (χ4v) is 4.86. The van der Waals surface area contributed by atoms with Crippen molar-refractivity contribution in [2.45, 2.75) is 58.7 Å². The number of anilines is 3. The number of hydrogen-bond acceptors (Lipinski definition) is 10. The monoisotopic (exact) mass is 580 g/mol.